The minimum atomic E-state index is -0.166. The molecule has 0 aromatic carbocycles. The van der Waals surface area contributed by atoms with Crippen molar-refractivity contribution in [3.05, 3.63) is 0 Å². The van der Waals surface area contributed by atoms with E-state index in [-0.39, 0.29) is 23.4 Å². The van der Waals surface area contributed by atoms with E-state index >= 15 is 0 Å². The highest BCUT2D eigenvalue weighted by Crippen LogP contribution is 2.29. The van der Waals surface area contributed by atoms with Crippen molar-refractivity contribution >= 4 is 5.91 Å². The van der Waals surface area contributed by atoms with Crippen LogP contribution in [0.4, 0.5) is 0 Å². The molecule has 82 valence electrons. The molecule has 1 amide bonds. The monoisotopic (exact) mass is 198 g/mol. The molecule has 2 N–H and O–H groups in total. The summed E-state index contributed by atoms with van der Waals surface area (Å²) in [6.07, 6.45) is 1.83. The molecule has 1 fully saturated rings. The van der Waals surface area contributed by atoms with E-state index in [1.807, 2.05) is 18.7 Å². The van der Waals surface area contributed by atoms with Gasteiger partial charge in [-0.1, -0.05) is 13.8 Å². The first-order valence-corrected chi connectivity index (χ1v) is 5.48. The van der Waals surface area contributed by atoms with Crippen LogP contribution in [0.3, 0.4) is 0 Å². The zero-order chi connectivity index (χ0) is 10.9. The predicted octanol–water partition coefficient (Wildman–Crippen LogP) is 1.37. The van der Waals surface area contributed by atoms with Crippen LogP contribution in [0.5, 0.6) is 0 Å². The van der Waals surface area contributed by atoms with Gasteiger partial charge in [0.25, 0.3) is 0 Å². The topological polar surface area (TPSA) is 46.3 Å². The molecule has 1 rings (SSSR count). The molecule has 0 aromatic rings. The lowest BCUT2D eigenvalue weighted by molar-refractivity contribution is -0.138. The fraction of sp³-hybridized carbons (Fsp3) is 0.909. The van der Waals surface area contributed by atoms with Gasteiger partial charge in [0.05, 0.1) is 5.54 Å². The number of amides is 1. The smallest absolute Gasteiger partial charge is 0.225 e. The van der Waals surface area contributed by atoms with Crippen molar-refractivity contribution in [1.82, 2.24) is 4.90 Å². The lowest BCUT2D eigenvalue weighted by Gasteiger charge is -2.36. The first-order chi connectivity index (χ1) is 6.41. The summed E-state index contributed by atoms with van der Waals surface area (Å²) in [5.74, 6) is 0.380. The molecule has 0 saturated carbocycles. The molecule has 1 saturated heterocycles. The first kappa shape index (κ1) is 11.5. The second-order valence-electron chi connectivity index (χ2n) is 4.85. The number of likely N-dealkylation sites (tertiary alicyclic amines) is 1. The summed E-state index contributed by atoms with van der Waals surface area (Å²) in [6.45, 7) is 8.97. The molecule has 0 aliphatic carbocycles. The van der Waals surface area contributed by atoms with Crippen LogP contribution in [-0.4, -0.2) is 28.9 Å². The second-order valence-corrected chi connectivity index (χ2v) is 4.85. The lowest BCUT2D eigenvalue weighted by atomic mass is 9.95. The van der Waals surface area contributed by atoms with Gasteiger partial charge in [-0.15, -0.1) is 0 Å². The summed E-state index contributed by atoms with van der Waals surface area (Å²) < 4.78 is 0. The number of nitrogens with two attached hydrogens (primary N) is 1. The van der Waals surface area contributed by atoms with E-state index in [4.69, 9.17) is 5.73 Å². The Morgan fingerprint density at radius 1 is 1.64 bits per heavy atom. The van der Waals surface area contributed by atoms with Crippen LogP contribution in [0.15, 0.2) is 0 Å². The highest BCUT2D eigenvalue weighted by molar-refractivity contribution is 5.79. The second kappa shape index (κ2) is 3.89. The van der Waals surface area contributed by atoms with E-state index in [0.29, 0.717) is 0 Å². The number of rotatable bonds is 2. The van der Waals surface area contributed by atoms with Crippen LogP contribution in [0.1, 0.15) is 40.5 Å². The Morgan fingerprint density at radius 2 is 2.21 bits per heavy atom. The Hall–Kier alpha value is -0.570. The minimum Gasteiger partial charge on any atom is -0.336 e. The molecule has 1 aliphatic rings. The van der Waals surface area contributed by atoms with Crippen molar-refractivity contribution in [3.8, 4) is 0 Å². The van der Waals surface area contributed by atoms with Gasteiger partial charge in [-0.05, 0) is 26.7 Å². The van der Waals surface area contributed by atoms with E-state index in [2.05, 4.69) is 13.8 Å². The molecule has 2 atom stereocenters. The maximum atomic E-state index is 12.0. The molecule has 3 nitrogen and oxygen atoms in total. The standard InChI is InChI=1S/C11H22N2O/c1-5-8(2)10(14)13-7-6-9(12)11(13,3)4/h8-9H,5-7,12H2,1-4H3. The van der Waals surface area contributed by atoms with Crippen molar-refractivity contribution < 1.29 is 4.79 Å². The molecule has 0 aromatic heterocycles. The Balaban J connectivity index is 2.75. The molecule has 1 heterocycles. The van der Waals surface area contributed by atoms with Crippen LogP contribution < -0.4 is 5.73 Å². The molecule has 0 spiro atoms. The maximum absolute atomic E-state index is 12.0. The highest BCUT2D eigenvalue weighted by Gasteiger charge is 2.42. The van der Waals surface area contributed by atoms with Crippen LogP contribution in [0.2, 0.25) is 0 Å². The van der Waals surface area contributed by atoms with Gasteiger partial charge >= 0.3 is 0 Å². The van der Waals surface area contributed by atoms with E-state index in [9.17, 15) is 4.79 Å². The van der Waals surface area contributed by atoms with Gasteiger partial charge in [0, 0.05) is 18.5 Å². The summed E-state index contributed by atoms with van der Waals surface area (Å²) in [6, 6.07) is 0.121. The number of hydrogen-bond donors (Lipinski definition) is 1. The number of hydrogen-bond acceptors (Lipinski definition) is 2. The average molecular weight is 198 g/mol. The van der Waals surface area contributed by atoms with Gasteiger partial charge in [-0.3, -0.25) is 4.79 Å². The zero-order valence-corrected chi connectivity index (χ0v) is 9.71. The van der Waals surface area contributed by atoms with Crippen LogP contribution in [0.25, 0.3) is 0 Å². The quantitative estimate of drug-likeness (QED) is 0.728. The van der Waals surface area contributed by atoms with Crippen LogP contribution in [0, 0.1) is 5.92 Å². The number of nitrogens with zero attached hydrogens (tertiary/aromatic N) is 1. The summed E-state index contributed by atoms with van der Waals surface area (Å²) in [4.78, 5) is 14.0. The van der Waals surface area contributed by atoms with Gasteiger partial charge < -0.3 is 10.6 Å². The number of carbonyl (C=O) groups excluding carboxylic acids is 1. The van der Waals surface area contributed by atoms with E-state index in [1.165, 1.54) is 0 Å². The largest absolute Gasteiger partial charge is 0.336 e. The van der Waals surface area contributed by atoms with Crippen LogP contribution >= 0.6 is 0 Å². The summed E-state index contributed by atoms with van der Waals surface area (Å²) in [7, 11) is 0. The highest BCUT2D eigenvalue weighted by atomic mass is 16.2. The lowest BCUT2D eigenvalue weighted by Crippen LogP contribution is -2.52. The molecule has 1 aliphatic heterocycles. The normalized spacial score (nSPS) is 27.8. The Kier molecular flexibility index (Phi) is 3.20. The summed E-state index contributed by atoms with van der Waals surface area (Å²) in [5, 5.41) is 0. The van der Waals surface area contributed by atoms with E-state index in [0.717, 1.165) is 19.4 Å². The molecular weight excluding hydrogens is 176 g/mol. The Bertz CT molecular complexity index is 225. The van der Waals surface area contributed by atoms with Crippen molar-refractivity contribution in [2.75, 3.05) is 6.54 Å². The number of carbonyl (C=O) groups is 1. The van der Waals surface area contributed by atoms with Gasteiger partial charge in [-0.2, -0.15) is 0 Å². The maximum Gasteiger partial charge on any atom is 0.225 e. The third-order valence-corrected chi connectivity index (χ3v) is 3.57. The van der Waals surface area contributed by atoms with Crippen molar-refractivity contribution in [1.29, 1.82) is 0 Å². The van der Waals surface area contributed by atoms with Gasteiger partial charge in [0.1, 0.15) is 0 Å². The van der Waals surface area contributed by atoms with Gasteiger partial charge in [0.2, 0.25) is 5.91 Å². The molecule has 3 heteroatoms. The SMILES string of the molecule is CCC(C)C(=O)N1CCC(N)C1(C)C. The van der Waals surface area contributed by atoms with Crippen molar-refractivity contribution in [3.63, 3.8) is 0 Å². The summed E-state index contributed by atoms with van der Waals surface area (Å²) >= 11 is 0. The summed E-state index contributed by atoms with van der Waals surface area (Å²) in [5.41, 5.74) is 5.82. The van der Waals surface area contributed by atoms with Gasteiger partial charge in [0.15, 0.2) is 0 Å². The zero-order valence-electron chi connectivity index (χ0n) is 9.71. The predicted molar refractivity (Wildman–Crippen MR) is 57.8 cm³/mol. The molecule has 14 heavy (non-hydrogen) atoms. The van der Waals surface area contributed by atoms with Gasteiger partial charge in [-0.25, -0.2) is 0 Å². The molecule has 0 bridgehead atoms. The Labute approximate surface area is 86.6 Å². The van der Waals surface area contributed by atoms with Crippen molar-refractivity contribution in [2.24, 2.45) is 11.7 Å². The molecule has 2 unspecified atom stereocenters. The fourth-order valence-electron chi connectivity index (χ4n) is 1.94. The molecular formula is C11H22N2O. The minimum absolute atomic E-state index is 0.121. The van der Waals surface area contributed by atoms with E-state index < -0.39 is 0 Å². The Morgan fingerprint density at radius 3 is 2.57 bits per heavy atom. The third kappa shape index (κ3) is 1.78. The van der Waals surface area contributed by atoms with Crippen LogP contribution in [-0.2, 0) is 4.79 Å². The average Bonchev–Trinajstić information content (AvgIpc) is 2.40. The van der Waals surface area contributed by atoms with E-state index in [1.54, 1.807) is 0 Å². The first-order valence-electron chi connectivity index (χ1n) is 5.48. The van der Waals surface area contributed by atoms with Crippen molar-refractivity contribution in [2.45, 2.75) is 52.1 Å². The fourth-order valence-corrected chi connectivity index (χ4v) is 1.94. The third-order valence-electron chi connectivity index (χ3n) is 3.57. The molecule has 0 radical (unpaired) electrons.